The molecule has 0 aliphatic heterocycles. The van der Waals surface area contributed by atoms with Crippen LogP contribution in [0, 0.1) is 13.8 Å². The van der Waals surface area contributed by atoms with E-state index in [-0.39, 0.29) is 17.7 Å². The number of ether oxygens (including phenoxy) is 1. The van der Waals surface area contributed by atoms with Crippen LogP contribution in [0.15, 0.2) is 18.2 Å². The van der Waals surface area contributed by atoms with Crippen molar-refractivity contribution >= 4 is 17.7 Å². The van der Waals surface area contributed by atoms with E-state index in [2.05, 4.69) is 20.3 Å². The van der Waals surface area contributed by atoms with E-state index in [0.717, 1.165) is 0 Å². The Morgan fingerprint density at radius 3 is 2.50 bits per heavy atom. The van der Waals surface area contributed by atoms with Gasteiger partial charge in [-0.15, -0.1) is 0 Å². The first-order valence-electron chi connectivity index (χ1n) is 5.93. The van der Waals surface area contributed by atoms with Gasteiger partial charge in [0, 0.05) is 23.0 Å². The summed E-state index contributed by atoms with van der Waals surface area (Å²) < 4.78 is 5.03. The van der Waals surface area contributed by atoms with Gasteiger partial charge in [0.25, 0.3) is 5.91 Å². The van der Waals surface area contributed by atoms with Gasteiger partial charge in [0.1, 0.15) is 5.82 Å². The first kappa shape index (κ1) is 13.7. The minimum atomic E-state index is -0.352. The predicted molar refractivity (Wildman–Crippen MR) is 74.7 cm³/mol. The average molecular weight is 273 g/mol. The van der Waals surface area contributed by atoms with Crippen LogP contribution < -0.4 is 15.8 Å². The number of aryl methyl sites for hydroxylation is 2. The molecule has 0 radical (unpaired) electrons. The molecule has 2 rings (SSSR count). The number of carbonyl (C=O) groups is 1. The molecule has 7 nitrogen and oxygen atoms in total. The largest absolute Gasteiger partial charge is 0.481 e. The second-order valence-corrected chi connectivity index (χ2v) is 4.25. The van der Waals surface area contributed by atoms with Gasteiger partial charge in [0.2, 0.25) is 11.8 Å². The molecule has 0 bridgehead atoms. The number of hydrogen-bond acceptors (Lipinski definition) is 6. The van der Waals surface area contributed by atoms with Crippen molar-refractivity contribution in [3.05, 3.63) is 35.2 Å². The van der Waals surface area contributed by atoms with Crippen molar-refractivity contribution in [3.63, 3.8) is 0 Å². The lowest BCUT2D eigenvalue weighted by molar-refractivity contribution is 0.102. The van der Waals surface area contributed by atoms with Crippen molar-refractivity contribution in [2.24, 2.45) is 0 Å². The van der Waals surface area contributed by atoms with E-state index in [0.29, 0.717) is 22.8 Å². The van der Waals surface area contributed by atoms with Crippen LogP contribution >= 0.6 is 0 Å². The molecule has 0 fully saturated rings. The lowest BCUT2D eigenvalue weighted by Gasteiger charge is -2.07. The van der Waals surface area contributed by atoms with E-state index < -0.39 is 0 Å². The average Bonchev–Trinajstić information content (AvgIpc) is 2.36. The summed E-state index contributed by atoms with van der Waals surface area (Å²) in [6, 6.07) is 4.80. The first-order chi connectivity index (χ1) is 9.47. The molecule has 0 spiro atoms. The summed E-state index contributed by atoms with van der Waals surface area (Å²) in [5, 5.41) is 2.60. The van der Waals surface area contributed by atoms with Gasteiger partial charge in [-0.2, -0.15) is 4.98 Å². The van der Waals surface area contributed by atoms with E-state index in [1.54, 1.807) is 26.0 Å². The highest BCUT2D eigenvalue weighted by atomic mass is 16.5. The molecule has 3 N–H and O–H groups in total. The van der Waals surface area contributed by atoms with Crippen molar-refractivity contribution in [1.29, 1.82) is 0 Å². The molecule has 0 unspecified atom stereocenters. The fraction of sp³-hybridized carbons (Fsp3) is 0.231. The zero-order valence-electron chi connectivity index (χ0n) is 11.5. The number of hydrogen-bond donors (Lipinski definition) is 2. The number of carbonyl (C=O) groups excluding carboxylic acids is 1. The minimum absolute atomic E-state index is 0.180. The van der Waals surface area contributed by atoms with Gasteiger partial charge < -0.3 is 10.5 Å². The molecular formula is C13H15N5O2. The Balaban J connectivity index is 2.25. The molecule has 0 saturated carbocycles. The van der Waals surface area contributed by atoms with Crippen molar-refractivity contribution in [3.8, 4) is 5.88 Å². The van der Waals surface area contributed by atoms with E-state index in [4.69, 9.17) is 10.5 Å². The number of nitrogens with two attached hydrogens (primary N) is 1. The maximum atomic E-state index is 12.1. The Morgan fingerprint density at radius 2 is 1.85 bits per heavy atom. The van der Waals surface area contributed by atoms with Crippen LogP contribution in [0.4, 0.5) is 11.8 Å². The molecule has 2 heterocycles. The molecular weight excluding hydrogens is 258 g/mol. The van der Waals surface area contributed by atoms with E-state index in [1.807, 2.05) is 0 Å². The van der Waals surface area contributed by atoms with Crippen LogP contribution in [0.25, 0.3) is 0 Å². The van der Waals surface area contributed by atoms with E-state index in [9.17, 15) is 4.79 Å². The van der Waals surface area contributed by atoms with Gasteiger partial charge >= 0.3 is 0 Å². The number of methoxy groups -OCH3 is 1. The maximum Gasteiger partial charge on any atom is 0.258 e. The molecule has 0 aliphatic carbocycles. The van der Waals surface area contributed by atoms with Gasteiger partial charge in [-0.1, -0.05) is 0 Å². The highest BCUT2D eigenvalue weighted by molar-refractivity contribution is 6.03. The van der Waals surface area contributed by atoms with Crippen LogP contribution in [-0.4, -0.2) is 28.0 Å². The smallest absolute Gasteiger partial charge is 0.258 e. The summed E-state index contributed by atoms with van der Waals surface area (Å²) in [5.41, 5.74) is 7.38. The van der Waals surface area contributed by atoms with Crippen molar-refractivity contribution in [1.82, 2.24) is 15.0 Å². The van der Waals surface area contributed by atoms with Gasteiger partial charge in [-0.25, -0.2) is 9.97 Å². The highest BCUT2D eigenvalue weighted by Gasteiger charge is 2.11. The van der Waals surface area contributed by atoms with Gasteiger partial charge in [0.05, 0.1) is 7.11 Å². The second-order valence-electron chi connectivity index (χ2n) is 4.25. The Hall–Kier alpha value is -2.70. The first-order valence-corrected chi connectivity index (χ1v) is 5.93. The van der Waals surface area contributed by atoms with Crippen LogP contribution in [0.3, 0.4) is 0 Å². The summed E-state index contributed by atoms with van der Waals surface area (Å²) in [7, 11) is 1.50. The molecule has 0 aliphatic rings. The van der Waals surface area contributed by atoms with Crippen LogP contribution in [0.5, 0.6) is 5.88 Å². The standard InChI is InChI=1S/C13H15N5O2/c1-7-4-9(6-10(14)15-7)12(19)18-13-16-8(2)5-11(17-13)20-3/h4-6H,1-3H3,(H2,14,15)(H,16,17,18,19). The lowest BCUT2D eigenvalue weighted by Crippen LogP contribution is -2.15. The van der Waals surface area contributed by atoms with Crippen molar-refractivity contribution < 1.29 is 9.53 Å². The third kappa shape index (κ3) is 3.19. The molecule has 2 aromatic rings. The highest BCUT2D eigenvalue weighted by Crippen LogP contribution is 2.13. The molecule has 20 heavy (non-hydrogen) atoms. The summed E-state index contributed by atoms with van der Waals surface area (Å²) in [4.78, 5) is 24.3. The molecule has 0 atom stereocenters. The molecule has 0 aromatic carbocycles. The summed E-state index contributed by atoms with van der Waals surface area (Å²) in [6.45, 7) is 3.55. The SMILES string of the molecule is COc1cc(C)nc(NC(=O)c2cc(C)nc(N)c2)n1. The predicted octanol–water partition coefficient (Wildman–Crippen LogP) is 1.33. The number of nitrogens with zero attached hydrogens (tertiary/aromatic N) is 3. The van der Waals surface area contributed by atoms with E-state index >= 15 is 0 Å². The van der Waals surface area contributed by atoms with E-state index in [1.165, 1.54) is 13.2 Å². The number of aromatic nitrogens is 3. The fourth-order valence-electron chi connectivity index (χ4n) is 1.70. The minimum Gasteiger partial charge on any atom is -0.481 e. The Kier molecular flexibility index (Phi) is 3.79. The van der Waals surface area contributed by atoms with Gasteiger partial charge in [0.15, 0.2) is 0 Å². The number of amides is 1. The summed E-state index contributed by atoms with van der Waals surface area (Å²) >= 11 is 0. The summed E-state index contributed by atoms with van der Waals surface area (Å²) in [5.74, 6) is 0.505. The normalized spacial score (nSPS) is 10.2. The number of rotatable bonds is 3. The Bertz CT molecular complexity index is 637. The zero-order valence-corrected chi connectivity index (χ0v) is 11.5. The monoisotopic (exact) mass is 273 g/mol. The lowest BCUT2D eigenvalue weighted by atomic mass is 10.2. The Labute approximate surface area is 116 Å². The Morgan fingerprint density at radius 1 is 1.15 bits per heavy atom. The third-order valence-corrected chi connectivity index (χ3v) is 2.50. The number of nitrogens with one attached hydrogen (secondary N) is 1. The second kappa shape index (κ2) is 5.52. The van der Waals surface area contributed by atoms with Gasteiger partial charge in [-0.3, -0.25) is 10.1 Å². The van der Waals surface area contributed by atoms with Gasteiger partial charge in [-0.05, 0) is 26.0 Å². The van der Waals surface area contributed by atoms with Crippen molar-refractivity contribution in [2.75, 3.05) is 18.2 Å². The van der Waals surface area contributed by atoms with Crippen LogP contribution in [-0.2, 0) is 0 Å². The molecule has 1 amide bonds. The molecule has 0 saturated heterocycles. The van der Waals surface area contributed by atoms with Crippen LogP contribution in [0.2, 0.25) is 0 Å². The zero-order chi connectivity index (χ0) is 14.7. The number of nitrogen functional groups attached to an aromatic ring is 1. The van der Waals surface area contributed by atoms with Crippen LogP contribution in [0.1, 0.15) is 21.7 Å². The topological polar surface area (TPSA) is 103 Å². The maximum absolute atomic E-state index is 12.1. The molecule has 7 heteroatoms. The number of anilines is 2. The third-order valence-electron chi connectivity index (χ3n) is 2.50. The summed E-state index contributed by atoms with van der Waals surface area (Å²) in [6.07, 6.45) is 0. The fourth-order valence-corrected chi connectivity index (χ4v) is 1.70. The number of pyridine rings is 1. The molecule has 2 aromatic heterocycles. The quantitative estimate of drug-likeness (QED) is 0.874. The molecule has 104 valence electrons. The van der Waals surface area contributed by atoms with Crippen molar-refractivity contribution in [2.45, 2.75) is 13.8 Å².